The third kappa shape index (κ3) is 3.52. The molecular formula is C21H17N3O5. The second-order valence-corrected chi connectivity index (χ2v) is 6.72. The summed E-state index contributed by atoms with van der Waals surface area (Å²) in [6.07, 6.45) is -0.813. The molecule has 0 spiro atoms. The molecule has 2 aromatic carbocycles. The Labute approximate surface area is 165 Å². The first-order chi connectivity index (χ1) is 13.9. The highest BCUT2D eigenvalue weighted by molar-refractivity contribution is 6.11. The molecule has 0 saturated carbocycles. The first-order valence-electron chi connectivity index (χ1n) is 9.05. The Balaban J connectivity index is 1.49. The highest BCUT2D eigenvalue weighted by atomic mass is 16.5. The summed E-state index contributed by atoms with van der Waals surface area (Å²) in [6.45, 7) is 1.05. The van der Waals surface area contributed by atoms with Crippen molar-refractivity contribution in [2.75, 3.05) is 6.54 Å². The lowest BCUT2D eigenvalue weighted by atomic mass is 9.98. The van der Waals surface area contributed by atoms with Crippen LogP contribution in [0.3, 0.4) is 0 Å². The van der Waals surface area contributed by atoms with Crippen molar-refractivity contribution in [3.05, 3.63) is 75.8 Å². The third-order valence-electron chi connectivity index (χ3n) is 4.75. The normalized spacial score (nSPS) is 14.6. The van der Waals surface area contributed by atoms with Gasteiger partial charge in [0.1, 0.15) is 6.54 Å². The molecule has 0 bridgehead atoms. The number of amides is 2. The minimum atomic E-state index is -0.859. The Morgan fingerprint density at radius 1 is 1.14 bits per heavy atom. The Hall–Kier alpha value is -3.81. The predicted molar refractivity (Wildman–Crippen MR) is 103 cm³/mol. The number of esters is 1. The fourth-order valence-electron chi connectivity index (χ4n) is 3.28. The van der Waals surface area contributed by atoms with Gasteiger partial charge in [0.05, 0.1) is 17.3 Å². The number of carbonyl (C=O) groups is 3. The van der Waals surface area contributed by atoms with E-state index in [1.54, 1.807) is 55.5 Å². The van der Waals surface area contributed by atoms with Crippen molar-refractivity contribution in [1.82, 2.24) is 14.9 Å². The van der Waals surface area contributed by atoms with E-state index >= 15 is 0 Å². The molecule has 8 heteroatoms. The largest absolute Gasteiger partial charge is 0.453 e. The molecule has 8 nitrogen and oxygen atoms in total. The minimum Gasteiger partial charge on any atom is -0.453 e. The molecule has 0 radical (unpaired) electrons. The number of rotatable bonds is 4. The number of nitrogens with one attached hydrogen (secondary N) is 1. The number of carbonyl (C=O) groups excluding carboxylic acids is 3. The summed E-state index contributed by atoms with van der Waals surface area (Å²) >= 11 is 0. The summed E-state index contributed by atoms with van der Waals surface area (Å²) < 4.78 is 5.31. The van der Waals surface area contributed by atoms with Gasteiger partial charge in [0.2, 0.25) is 5.91 Å². The lowest BCUT2D eigenvalue weighted by Gasteiger charge is -2.26. The van der Waals surface area contributed by atoms with E-state index < -0.39 is 30.4 Å². The van der Waals surface area contributed by atoms with Crippen LogP contribution in [0.15, 0.2) is 53.3 Å². The van der Waals surface area contributed by atoms with Gasteiger partial charge >= 0.3 is 5.97 Å². The summed E-state index contributed by atoms with van der Waals surface area (Å²) in [5.41, 5.74) is 1.17. The van der Waals surface area contributed by atoms with E-state index in [-0.39, 0.29) is 17.8 Å². The van der Waals surface area contributed by atoms with Crippen molar-refractivity contribution in [3.63, 3.8) is 0 Å². The number of ether oxygens (including phenoxy) is 1. The van der Waals surface area contributed by atoms with Crippen molar-refractivity contribution >= 4 is 28.7 Å². The number of aromatic amines is 1. The summed E-state index contributed by atoms with van der Waals surface area (Å²) in [7, 11) is 0. The number of hydrogen-bond acceptors (Lipinski definition) is 6. The molecule has 2 heterocycles. The molecule has 1 aromatic heterocycles. The molecular weight excluding hydrogens is 374 g/mol. The second kappa shape index (κ2) is 7.31. The average Bonchev–Trinajstić information content (AvgIpc) is 2.71. The zero-order valence-corrected chi connectivity index (χ0v) is 15.5. The Kier molecular flexibility index (Phi) is 4.67. The maximum absolute atomic E-state index is 12.5. The Bertz CT molecular complexity index is 1200. The fourth-order valence-corrected chi connectivity index (χ4v) is 3.28. The molecule has 0 fully saturated rings. The van der Waals surface area contributed by atoms with Gasteiger partial charge in [-0.25, -0.2) is 4.98 Å². The zero-order chi connectivity index (χ0) is 20.5. The number of imide groups is 1. The van der Waals surface area contributed by atoms with Gasteiger partial charge in [-0.15, -0.1) is 0 Å². The molecule has 0 saturated heterocycles. The van der Waals surface area contributed by atoms with Gasteiger partial charge in [0.25, 0.3) is 11.5 Å². The van der Waals surface area contributed by atoms with Gasteiger partial charge < -0.3 is 9.72 Å². The lowest BCUT2D eigenvalue weighted by Crippen LogP contribution is -2.45. The molecule has 1 aliphatic rings. The van der Waals surface area contributed by atoms with Crippen LogP contribution in [-0.2, 0) is 20.7 Å². The van der Waals surface area contributed by atoms with Gasteiger partial charge in [0.15, 0.2) is 11.9 Å². The topological polar surface area (TPSA) is 109 Å². The SMILES string of the molecule is C[C@H](OC(=O)CN1C(=O)Cc2ccccc2C1=O)c1nc2ccccc2c(=O)[nH]1. The van der Waals surface area contributed by atoms with Crippen molar-refractivity contribution in [1.29, 1.82) is 0 Å². The van der Waals surface area contributed by atoms with Crippen molar-refractivity contribution in [2.24, 2.45) is 0 Å². The van der Waals surface area contributed by atoms with Gasteiger partial charge in [-0.2, -0.15) is 0 Å². The first-order valence-corrected chi connectivity index (χ1v) is 9.05. The summed E-state index contributed by atoms with van der Waals surface area (Å²) in [5, 5.41) is 0.429. The molecule has 1 aliphatic heterocycles. The molecule has 0 aliphatic carbocycles. The highest BCUT2D eigenvalue weighted by Crippen LogP contribution is 2.20. The number of aromatic nitrogens is 2. The minimum absolute atomic E-state index is 0.0459. The van der Waals surface area contributed by atoms with Crippen LogP contribution in [-0.4, -0.2) is 39.2 Å². The smallest absolute Gasteiger partial charge is 0.326 e. The monoisotopic (exact) mass is 391 g/mol. The fraction of sp³-hybridized carbons (Fsp3) is 0.190. The number of fused-ring (bicyclic) bond motifs is 2. The van der Waals surface area contributed by atoms with Gasteiger partial charge in [-0.05, 0) is 30.7 Å². The lowest BCUT2D eigenvalue weighted by molar-refractivity contribution is -0.152. The maximum atomic E-state index is 12.5. The van der Waals surface area contributed by atoms with Crippen molar-refractivity contribution < 1.29 is 19.1 Å². The number of H-pyrrole nitrogens is 1. The molecule has 2 amide bonds. The van der Waals surface area contributed by atoms with E-state index in [4.69, 9.17) is 4.74 Å². The molecule has 4 rings (SSSR count). The van der Waals surface area contributed by atoms with Crippen LogP contribution in [0.5, 0.6) is 0 Å². The number of hydrogen-bond donors (Lipinski definition) is 1. The van der Waals surface area contributed by atoms with E-state index in [0.717, 1.165) is 4.90 Å². The van der Waals surface area contributed by atoms with E-state index in [1.807, 2.05) is 0 Å². The van der Waals surface area contributed by atoms with E-state index in [2.05, 4.69) is 9.97 Å². The summed E-state index contributed by atoms with van der Waals surface area (Å²) in [4.78, 5) is 57.2. The van der Waals surface area contributed by atoms with Gasteiger partial charge in [-0.3, -0.25) is 24.1 Å². The van der Waals surface area contributed by atoms with E-state index in [1.165, 1.54) is 0 Å². The Morgan fingerprint density at radius 3 is 2.69 bits per heavy atom. The molecule has 146 valence electrons. The highest BCUT2D eigenvalue weighted by Gasteiger charge is 2.32. The molecule has 0 unspecified atom stereocenters. The van der Waals surface area contributed by atoms with Crippen molar-refractivity contribution in [2.45, 2.75) is 19.4 Å². The van der Waals surface area contributed by atoms with Crippen LogP contribution >= 0.6 is 0 Å². The Morgan fingerprint density at radius 2 is 1.86 bits per heavy atom. The third-order valence-corrected chi connectivity index (χ3v) is 4.75. The molecule has 3 aromatic rings. The standard InChI is InChI=1S/C21H17N3O5/c1-12(19-22-16-9-5-4-8-15(16)20(27)23-19)29-18(26)11-24-17(25)10-13-6-2-3-7-14(13)21(24)28/h2-9,12H,10-11H2,1H3,(H,22,23,27)/t12-/m0/s1. The number of para-hydroxylation sites is 1. The second-order valence-electron chi connectivity index (χ2n) is 6.72. The van der Waals surface area contributed by atoms with Crippen LogP contribution in [0, 0.1) is 0 Å². The summed E-state index contributed by atoms with van der Waals surface area (Å²) in [5.74, 6) is -1.58. The van der Waals surface area contributed by atoms with E-state index in [9.17, 15) is 19.2 Å². The zero-order valence-electron chi connectivity index (χ0n) is 15.5. The van der Waals surface area contributed by atoms with E-state index in [0.29, 0.717) is 22.0 Å². The maximum Gasteiger partial charge on any atom is 0.326 e. The van der Waals surface area contributed by atoms with Crippen LogP contribution in [0.25, 0.3) is 10.9 Å². The predicted octanol–water partition coefficient (Wildman–Crippen LogP) is 1.75. The molecule has 29 heavy (non-hydrogen) atoms. The quantitative estimate of drug-likeness (QED) is 0.536. The summed E-state index contributed by atoms with van der Waals surface area (Å²) in [6, 6.07) is 13.6. The number of nitrogens with zero attached hydrogens (tertiary/aromatic N) is 2. The van der Waals surface area contributed by atoms with Crippen LogP contribution in [0.4, 0.5) is 0 Å². The average molecular weight is 391 g/mol. The van der Waals surface area contributed by atoms with Crippen LogP contribution in [0.2, 0.25) is 0 Å². The van der Waals surface area contributed by atoms with Crippen LogP contribution in [0.1, 0.15) is 34.8 Å². The van der Waals surface area contributed by atoms with Crippen LogP contribution < -0.4 is 5.56 Å². The van der Waals surface area contributed by atoms with Gasteiger partial charge in [-0.1, -0.05) is 30.3 Å². The van der Waals surface area contributed by atoms with Crippen molar-refractivity contribution in [3.8, 4) is 0 Å². The van der Waals surface area contributed by atoms with Gasteiger partial charge in [0, 0.05) is 5.56 Å². The number of benzene rings is 2. The molecule has 1 atom stereocenters. The molecule has 1 N–H and O–H groups in total. The first kappa shape index (κ1) is 18.5.